The normalized spacial score (nSPS) is 17.5. The van der Waals surface area contributed by atoms with E-state index in [1.54, 1.807) is 12.1 Å². The molecule has 4 rings (SSSR count). The van der Waals surface area contributed by atoms with Crippen molar-refractivity contribution in [2.45, 2.75) is 44.4 Å². The smallest absolute Gasteiger partial charge is 0.178 e. The number of phenolic OH excluding ortho intramolecular Hbond substituents is 1. The van der Waals surface area contributed by atoms with Crippen molar-refractivity contribution in [3.05, 3.63) is 88.2 Å². The maximum absolute atomic E-state index is 12.3. The van der Waals surface area contributed by atoms with Gasteiger partial charge in [0.2, 0.25) is 0 Å². The van der Waals surface area contributed by atoms with E-state index in [1.807, 2.05) is 30.0 Å². The Balaban J connectivity index is 1.99. The lowest BCUT2D eigenvalue weighted by atomic mass is 9.88. The Morgan fingerprint density at radius 1 is 1.00 bits per heavy atom. The Bertz CT molecular complexity index is 1130. The lowest BCUT2D eigenvalue weighted by Crippen LogP contribution is -2.49. The number of allylic oxidation sites excluding steroid dienone is 5. The molecule has 2 aromatic carbocycles. The van der Waals surface area contributed by atoms with Crippen LogP contribution in [0, 0.1) is 0 Å². The van der Waals surface area contributed by atoms with E-state index in [-0.39, 0.29) is 16.3 Å². The predicted molar refractivity (Wildman–Crippen MR) is 131 cm³/mol. The molecule has 0 saturated carbocycles. The fourth-order valence-corrected chi connectivity index (χ4v) is 8.20. The maximum Gasteiger partial charge on any atom is 0.178 e. The van der Waals surface area contributed by atoms with Gasteiger partial charge in [-0.25, -0.2) is 0 Å². The van der Waals surface area contributed by atoms with Gasteiger partial charge in [-0.3, -0.25) is 4.79 Å². The Labute approximate surface area is 184 Å². The Morgan fingerprint density at radius 2 is 1.73 bits per heavy atom. The summed E-state index contributed by atoms with van der Waals surface area (Å²) >= 11 is 1.94. The number of phenols is 1. The summed E-state index contributed by atoms with van der Waals surface area (Å²) in [4.78, 5) is 12.3. The van der Waals surface area contributed by atoms with E-state index in [1.165, 1.54) is 27.5 Å². The van der Waals surface area contributed by atoms with Gasteiger partial charge in [-0.15, -0.1) is 0 Å². The summed E-state index contributed by atoms with van der Waals surface area (Å²) in [5.74, 6) is 1.26. The van der Waals surface area contributed by atoms with Crippen molar-refractivity contribution in [1.29, 1.82) is 0 Å². The van der Waals surface area contributed by atoms with Crippen LogP contribution in [0.15, 0.2) is 71.5 Å². The minimum absolute atomic E-state index is 0.0499. The number of ketones is 1. The molecule has 0 unspecified atom stereocenters. The van der Waals surface area contributed by atoms with E-state index in [2.05, 4.69) is 64.2 Å². The first-order valence-corrected chi connectivity index (χ1v) is 14.3. The molecule has 2 nitrogen and oxygen atoms in total. The quantitative estimate of drug-likeness (QED) is 0.627. The second-order valence-corrected chi connectivity index (χ2v) is 15.6. The molecule has 1 aliphatic heterocycles. The highest BCUT2D eigenvalue weighted by Crippen LogP contribution is 2.43. The second kappa shape index (κ2) is 7.43. The van der Waals surface area contributed by atoms with Crippen LogP contribution >= 0.6 is 11.8 Å². The number of carbonyl (C=O) groups excluding carboxylic acids is 1. The summed E-state index contributed by atoms with van der Waals surface area (Å²) in [5.41, 5.74) is 6.04. The third kappa shape index (κ3) is 3.74. The van der Waals surface area contributed by atoms with Crippen molar-refractivity contribution in [3.63, 3.8) is 0 Å². The van der Waals surface area contributed by atoms with Crippen molar-refractivity contribution in [2.75, 3.05) is 0 Å². The fraction of sp³-hybridized carbons (Fsp3) is 0.269. The van der Waals surface area contributed by atoms with Crippen molar-refractivity contribution >= 4 is 36.4 Å². The number of thioether (sulfide) groups is 1. The zero-order valence-corrected chi connectivity index (χ0v) is 20.1. The molecule has 0 atom stereocenters. The summed E-state index contributed by atoms with van der Waals surface area (Å²) in [6.45, 7) is 11.3. The second-order valence-electron chi connectivity index (χ2n) is 9.50. The molecular formula is C26H28O2SSi. The molecule has 30 heavy (non-hydrogen) atoms. The molecule has 0 bridgehead atoms. The van der Waals surface area contributed by atoms with Gasteiger partial charge in [-0.05, 0) is 62.5 Å². The number of carbonyl (C=O) groups is 1. The van der Waals surface area contributed by atoms with Crippen molar-refractivity contribution in [3.8, 4) is 5.75 Å². The number of aromatic hydroxyl groups is 1. The molecule has 1 N–H and O–H groups in total. The highest BCUT2D eigenvalue weighted by molar-refractivity contribution is 7.99. The molecule has 0 amide bonds. The first-order chi connectivity index (χ1) is 14.1. The Kier molecular flexibility index (Phi) is 5.19. The van der Waals surface area contributed by atoms with Gasteiger partial charge >= 0.3 is 0 Å². The van der Waals surface area contributed by atoms with Gasteiger partial charge in [0, 0.05) is 10.5 Å². The summed E-state index contributed by atoms with van der Waals surface area (Å²) in [6, 6.07) is 14.3. The zero-order chi connectivity index (χ0) is 21.7. The van der Waals surface area contributed by atoms with Gasteiger partial charge in [-0.1, -0.05) is 70.3 Å². The molecule has 0 saturated heterocycles. The number of rotatable bonds is 3. The standard InChI is InChI=1S/C26H28O2SSi/c1-26(2,3)29-16-17-8-6-7-9-20(17)25-21-12-10-18(27)14-23(21)30(4,5)24-15-19(28)11-13-22(24)25/h6-15,27H,16H2,1-5H3. The number of hydrogen-bond acceptors (Lipinski definition) is 3. The summed E-state index contributed by atoms with van der Waals surface area (Å²) < 4.78 is 0.179. The molecule has 0 fully saturated rings. The van der Waals surface area contributed by atoms with Gasteiger partial charge in [0.15, 0.2) is 5.78 Å². The van der Waals surface area contributed by atoms with Crippen LogP contribution in [0.5, 0.6) is 5.75 Å². The SMILES string of the molecule is CC(C)(C)SCc1ccccc1C1=C2C=CC(=O)C=C2[Si](C)(C)c2cc(O)ccc21. The third-order valence-electron chi connectivity index (χ3n) is 5.83. The summed E-state index contributed by atoms with van der Waals surface area (Å²) in [7, 11) is -2.12. The molecular weight excluding hydrogens is 404 g/mol. The monoisotopic (exact) mass is 432 g/mol. The molecule has 1 aliphatic carbocycles. The molecule has 4 heteroatoms. The topological polar surface area (TPSA) is 37.3 Å². The minimum Gasteiger partial charge on any atom is -0.508 e. The van der Waals surface area contributed by atoms with Crippen LogP contribution in [0.25, 0.3) is 5.57 Å². The maximum atomic E-state index is 12.3. The van der Waals surface area contributed by atoms with Gasteiger partial charge < -0.3 is 5.11 Å². The van der Waals surface area contributed by atoms with Crippen LogP contribution in [-0.4, -0.2) is 23.7 Å². The fourth-order valence-electron chi connectivity index (χ4n) is 4.29. The van der Waals surface area contributed by atoms with Gasteiger partial charge in [0.05, 0.1) is 0 Å². The van der Waals surface area contributed by atoms with E-state index < -0.39 is 8.07 Å². The summed E-state index contributed by atoms with van der Waals surface area (Å²) in [6.07, 6.45) is 5.51. The highest BCUT2D eigenvalue weighted by Gasteiger charge is 2.40. The Morgan fingerprint density at radius 3 is 2.47 bits per heavy atom. The molecule has 1 heterocycles. The van der Waals surface area contributed by atoms with Crippen LogP contribution in [0.4, 0.5) is 0 Å². The van der Waals surface area contributed by atoms with Gasteiger partial charge in [-0.2, -0.15) is 11.8 Å². The van der Waals surface area contributed by atoms with Gasteiger partial charge in [0.1, 0.15) is 13.8 Å². The minimum atomic E-state index is -2.12. The average Bonchev–Trinajstić information content (AvgIpc) is 2.68. The van der Waals surface area contributed by atoms with E-state index in [0.29, 0.717) is 0 Å². The molecule has 0 spiro atoms. The van der Waals surface area contributed by atoms with Crippen LogP contribution < -0.4 is 5.19 Å². The lowest BCUT2D eigenvalue weighted by molar-refractivity contribution is -0.110. The molecule has 2 aromatic rings. The predicted octanol–water partition coefficient (Wildman–Crippen LogP) is 5.76. The average molecular weight is 433 g/mol. The van der Waals surface area contributed by atoms with E-state index in [0.717, 1.165) is 16.5 Å². The largest absolute Gasteiger partial charge is 0.508 e. The molecule has 0 radical (unpaired) electrons. The number of hydrogen-bond donors (Lipinski definition) is 1. The number of fused-ring (bicyclic) bond motifs is 2. The van der Waals surface area contributed by atoms with Crippen LogP contribution in [-0.2, 0) is 10.5 Å². The first kappa shape index (κ1) is 20.9. The lowest BCUT2D eigenvalue weighted by Gasteiger charge is -2.38. The Hall–Kier alpha value is -2.30. The molecule has 0 aromatic heterocycles. The van der Waals surface area contributed by atoms with Crippen molar-refractivity contribution in [2.24, 2.45) is 0 Å². The zero-order valence-electron chi connectivity index (χ0n) is 18.2. The van der Waals surface area contributed by atoms with Crippen LogP contribution in [0.3, 0.4) is 0 Å². The van der Waals surface area contributed by atoms with E-state index >= 15 is 0 Å². The van der Waals surface area contributed by atoms with Crippen LogP contribution in [0.1, 0.15) is 37.5 Å². The molecule has 2 aliphatic rings. The third-order valence-corrected chi connectivity index (χ3v) is 10.7. The molecule has 154 valence electrons. The van der Waals surface area contributed by atoms with Gasteiger partial charge in [0.25, 0.3) is 0 Å². The number of benzene rings is 2. The van der Waals surface area contributed by atoms with Crippen molar-refractivity contribution in [1.82, 2.24) is 0 Å². The van der Waals surface area contributed by atoms with Crippen molar-refractivity contribution < 1.29 is 9.90 Å². The first-order valence-electron chi connectivity index (χ1n) is 10.3. The van der Waals surface area contributed by atoms with Crippen LogP contribution in [0.2, 0.25) is 13.1 Å². The van der Waals surface area contributed by atoms with E-state index in [9.17, 15) is 9.90 Å². The summed E-state index contributed by atoms with van der Waals surface area (Å²) in [5, 5.41) is 12.6. The highest BCUT2D eigenvalue weighted by atomic mass is 32.2. The van der Waals surface area contributed by atoms with E-state index in [4.69, 9.17) is 0 Å².